The first-order valence-corrected chi connectivity index (χ1v) is 12.8. The van der Waals surface area contributed by atoms with Crippen molar-refractivity contribution in [3.63, 3.8) is 0 Å². The van der Waals surface area contributed by atoms with Gasteiger partial charge in [-0.1, -0.05) is 112 Å². The molecule has 0 saturated carbocycles. The quantitative estimate of drug-likeness (QED) is 0.0992. The zero-order valence-corrected chi connectivity index (χ0v) is 21.4. The Labute approximate surface area is 216 Å². The largest absolute Gasteiger partial charge is 0.460 e. The monoisotopic (exact) mass is 493 g/mol. The summed E-state index contributed by atoms with van der Waals surface area (Å²) >= 11 is 0. The van der Waals surface area contributed by atoms with E-state index < -0.39 is 11.8 Å². The summed E-state index contributed by atoms with van der Waals surface area (Å²) in [6.45, 7) is 2.47. The number of unbranched alkanes of at least 4 members (excludes halogenated alkanes) is 7. The minimum absolute atomic E-state index is 0.0319. The Morgan fingerprint density at radius 2 is 1.33 bits per heavy atom. The number of ether oxygens (including phenoxy) is 1. The lowest BCUT2D eigenvalue weighted by Crippen LogP contribution is -2.26. The highest BCUT2D eigenvalue weighted by Gasteiger charge is 2.06. The van der Waals surface area contributed by atoms with E-state index in [1.807, 2.05) is 42.5 Å². The van der Waals surface area contributed by atoms with Crippen LogP contribution in [0.5, 0.6) is 0 Å². The van der Waals surface area contributed by atoms with E-state index in [0.717, 1.165) is 6.42 Å². The number of carbonyl (C=O) groups excluding carboxylic acids is 2. The minimum atomic E-state index is -0.561. The van der Waals surface area contributed by atoms with Crippen LogP contribution in [-0.4, -0.2) is 25.0 Å². The second kappa shape index (κ2) is 22.0. The van der Waals surface area contributed by atoms with E-state index in [-0.39, 0.29) is 24.6 Å². The molecule has 0 aliphatic rings. The predicted octanol–water partition coefficient (Wildman–Crippen LogP) is 7.58. The van der Waals surface area contributed by atoms with Gasteiger partial charge in [-0.25, -0.2) is 9.18 Å². The van der Waals surface area contributed by atoms with Crippen LogP contribution in [0, 0.1) is 5.82 Å². The molecule has 0 saturated heterocycles. The number of hydrogen-bond acceptors (Lipinski definition) is 3. The first kappa shape index (κ1) is 30.6. The van der Waals surface area contributed by atoms with Crippen LogP contribution in [-0.2, 0) is 9.53 Å². The Balaban J connectivity index is 2.06. The third kappa shape index (κ3) is 17.9. The Bertz CT molecular complexity index is 908. The van der Waals surface area contributed by atoms with Crippen molar-refractivity contribution < 1.29 is 18.7 Å². The summed E-state index contributed by atoms with van der Waals surface area (Å²) in [5.41, 5.74) is 0.262. The molecule has 0 atom stereocenters. The lowest BCUT2D eigenvalue weighted by Gasteiger charge is -2.05. The number of allylic oxidation sites excluding steroid dienone is 11. The van der Waals surface area contributed by atoms with Gasteiger partial charge in [-0.05, 0) is 37.1 Å². The van der Waals surface area contributed by atoms with Crippen molar-refractivity contribution in [3.05, 3.63) is 109 Å². The third-order valence-corrected chi connectivity index (χ3v) is 5.07. The fourth-order valence-electron chi connectivity index (χ4n) is 3.10. The van der Waals surface area contributed by atoms with Gasteiger partial charge in [-0.3, -0.25) is 4.79 Å². The molecule has 0 fully saturated rings. The molecule has 0 heterocycles. The van der Waals surface area contributed by atoms with E-state index in [2.05, 4.69) is 24.4 Å². The molecule has 4 nitrogen and oxygen atoms in total. The fraction of sp³-hybridized carbons (Fsp3) is 0.355. The highest BCUT2D eigenvalue weighted by molar-refractivity contribution is 5.89. The van der Waals surface area contributed by atoms with Crippen molar-refractivity contribution in [1.82, 2.24) is 5.32 Å². The van der Waals surface area contributed by atoms with Gasteiger partial charge in [0.25, 0.3) is 0 Å². The van der Waals surface area contributed by atoms with E-state index >= 15 is 0 Å². The Morgan fingerprint density at radius 1 is 0.778 bits per heavy atom. The molecular weight excluding hydrogens is 453 g/mol. The molecule has 1 amide bonds. The van der Waals surface area contributed by atoms with Gasteiger partial charge in [0.05, 0.1) is 12.1 Å². The van der Waals surface area contributed by atoms with Crippen molar-refractivity contribution in [2.75, 3.05) is 13.2 Å². The molecule has 0 radical (unpaired) electrons. The van der Waals surface area contributed by atoms with Crippen molar-refractivity contribution in [2.24, 2.45) is 0 Å². The lowest BCUT2D eigenvalue weighted by molar-refractivity contribution is -0.116. The minimum Gasteiger partial charge on any atom is -0.460 e. The summed E-state index contributed by atoms with van der Waals surface area (Å²) < 4.78 is 17.9. The maximum atomic E-state index is 12.8. The molecule has 0 spiro atoms. The summed E-state index contributed by atoms with van der Waals surface area (Å²) in [6, 6.07) is 5.08. The topological polar surface area (TPSA) is 55.4 Å². The summed E-state index contributed by atoms with van der Waals surface area (Å²) in [7, 11) is 0. The Hall–Kier alpha value is -3.47. The van der Waals surface area contributed by atoms with Gasteiger partial charge in [-0.2, -0.15) is 0 Å². The van der Waals surface area contributed by atoms with Gasteiger partial charge in [0.2, 0.25) is 5.91 Å². The summed E-state index contributed by atoms with van der Waals surface area (Å²) in [5, 5.41) is 2.62. The zero-order valence-electron chi connectivity index (χ0n) is 21.4. The Morgan fingerprint density at radius 3 is 1.97 bits per heavy atom. The van der Waals surface area contributed by atoms with Crippen LogP contribution in [0.1, 0.15) is 68.6 Å². The average Bonchev–Trinajstić information content (AvgIpc) is 2.88. The summed E-state index contributed by atoms with van der Waals surface area (Å²) in [5.74, 6) is -1.27. The summed E-state index contributed by atoms with van der Waals surface area (Å²) in [6.07, 6.45) is 33.1. The number of halogens is 1. The highest BCUT2D eigenvalue weighted by Crippen LogP contribution is 2.08. The molecule has 1 aromatic rings. The van der Waals surface area contributed by atoms with Crippen LogP contribution in [0.3, 0.4) is 0 Å². The van der Waals surface area contributed by atoms with Crippen LogP contribution in [0.25, 0.3) is 0 Å². The predicted molar refractivity (Wildman–Crippen MR) is 147 cm³/mol. The fourth-order valence-corrected chi connectivity index (χ4v) is 3.10. The van der Waals surface area contributed by atoms with Crippen molar-refractivity contribution >= 4 is 11.9 Å². The third-order valence-electron chi connectivity index (χ3n) is 5.07. The number of esters is 1. The first-order valence-electron chi connectivity index (χ1n) is 12.8. The van der Waals surface area contributed by atoms with Gasteiger partial charge in [0, 0.05) is 6.08 Å². The number of nitrogens with one attached hydrogen (secondary N) is 1. The lowest BCUT2D eigenvalue weighted by atomic mass is 10.1. The number of rotatable bonds is 18. The van der Waals surface area contributed by atoms with Crippen LogP contribution in [0.15, 0.2) is 97.2 Å². The van der Waals surface area contributed by atoms with Gasteiger partial charge >= 0.3 is 5.97 Å². The molecule has 5 heteroatoms. The van der Waals surface area contributed by atoms with E-state index in [9.17, 15) is 14.0 Å². The second-order valence-corrected chi connectivity index (χ2v) is 8.17. The first-order chi connectivity index (χ1) is 17.6. The molecule has 0 bridgehead atoms. The zero-order chi connectivity index (χ0) is 26.1. The van der Waals surface area contributed by atoms with Gasteiger partial charge in [0.1, 0.15) is 12.4 Å². The number of amides is 1. The molecule has 0 aliphatic carbocycles. The van der Waals surface area contributed by atoms with Crippen LogP contribution in [0.4, 0.5) is 4.39 Å². The standard InChI is InChI=1S/C31H40FNO3/c1-2-3-4-5-6-7-8-9-10-11-12-13-14-15-16-17-18-19-20-21-30(34)33-26-27-36-31(35)28-22-24-29(32)25-23-28/h10-25H,2-9,26-27H2,1H3,(H,33,34). The molecule has 1 aromatic carbocycles. The maximum Gasteiger partial charge on any atom is 0.338 e. The van der Waals surface area contributed by atoms with E-state index in [0.29, 0.717) is 0 Å². The molecular formula is C31H40FNO3. The smallest absolute Gasteiger partial charge is 0.338 e. The van der Waals surface area contributed by atoms with Gasteiger partial charge in [0.15, 0.2) is 0 Å². The molecule has 1 N–H and O–H groups in total. The number of carbonyl (C=O) groups is 2. The highest BCUT2D eigenvalue weighted by atomic mass is 19.1. The number of hydrogen-bond donors (Lipinski definition) is 1. The van der Waals surface area contributed by atoms with E-state index in [1.165, 1.54) is 75.3 Å². The number of benzene rings is 1. The summed E-state index contributed by atoms with van der Waals surface area (Å²) in [4.78, 5) is 23.5. The molecule has 0 unspecified atom stereocenters. The average molecular weight is 494 g/mol. The Kier molecular flexibility index (Phi) is 18.7. The van der Waals surface area contributed by atoms with Gasteiger partial charge < -0.3 is 10.1 Å². The molecule has 0 aliphatic heterocycles. The van der Waals surface area contributed by atoms with Crippen LogP contribution >= 0.6 is 0 Å². The molecule has 0 aromatic heterocycles. The normalized spacial score (nSPS) is 12.3. The van der Waals surface area contributed by atoms with Crippen molar-refractivity contribution in [1.29, 1.82) is 0 Å². The molecule has 194 valence electrons. The van der Waals surface area contributed by atoms with Gasteiger partial charge in [-0.15, -0.1) is 0 Å². The van der Waals surface area contributed by atoms with E-state index in [1.54, 1.807) is 12.2 Å². The van der Waals surface area contributed by atoms with E-state index in [4.69, 9.17) is 4.74 Å². The van der Waals surface area contributed by atoms with Crippen molar-refractivity contribution in [2.45, 2.75) is 58.3 Å². The van der Waals surface area contributed by atoms with Crippen LogP contribution < -0.4 is 5.32 Å². The molecule has 36 heavy (non-hydrogen) atoms. The van der Waals surface area contributed by atoms with Crippen LogP contribution in [0.2, 0.25) is 0 Å². The van der Waals surface area contributed by atoms with Crippen molar-refractivity contribution in [3.8, 4) is 0 Å². The molecule has 1 rings (SSSR count). The SMILES string of the molecule is CCCCCCCCCC=CC=CC=CC=CC=CC=CC(=O)NCCOC(=O)c1ccc(F)cc1. The second-order valence-electron chi connectivity index (χ2n) is 8.17. The maximum absolute atomic E-state index is 12.8.